The number of hydrogen-bond donors (Lipinski definition) is 2. The van der Waals surface area contributed by atoms with E-state index in [-0.39, 0.29) is 17.1 Å². The first kappa shape index (κ1) is 13.5. The number of hydrogen-bond acceptors (Lipinski definition) is 6. The molecule has 0 aliphatic carbocycles. The molecule has 0 saturated carbocycles. The second-order valence-corrected chi connectivity index (χ2v) is 3.80. The Morgan fingerprint density at radius 2 is 2.25 bits per heavy atom. The van der Waals surface area contributed by atoms with Crippen LogP contribution in [0.15, 0.2) is 24.5 Å². The Morgan fingerprint density at radius 1 is 1.45 bits per heavy atom. The van der Waals surface area contributed by atoms with Gasteiger partial charge >= 0.3 is 0 Å². The number of nitrogen functional groups attached to an aromatic ring is 1. The molecule has 102 valence electrons. The molecule has 6 nitrogen and oxygen atoms in total. The van der Waals surface area contributed by atoms with Crippen molar-refractivity contribution in [2.45, 2.75) is 6.92 Å². The normalized spacial score (nSPS) is 9.85. The van der Waals surface area contributed by atoms with Crippen molar-refractivity contribution >= 4 is 17.2 Å². The highest BCUT2D eigenvalue weighted by Crippen LogP contribution is 2.28. The number of nitrogens with zero attached hydrogens (tertiary/aromatic N) is 3. The summed E-state index contributed by atoms with van der Waals surface area (Å²) in [6.45, 7) is 2.23. The molecular weight excluding hydrogens is 261 g/mol. The fraction of sp³-hybridized carbons (Fsp3) is 0.154. The van der Waals surface area contributed by atoms with Crippen LogP contribution in [-0.2, 0) is 0 Å². The van der Waals surface area contributed by atoms with Crippen LogP contribution in [0.2, 0.25) is 0 Å². The number of rotatable bonds is 4. The number of nitrogens with one attached hydrogen (secondary N) is 1. The largest absolute Gasteiger partial charge is 0.476 e. The minimum atomic E-state index is -0.488. The van der Waals surface area contributed by atoms with Crippen molar-refractivity contribution in [3.8, 4) is 11.9 Å². The molecular formula is C13H12FN5O. The second-order valence-electron chi connectivity index (χ2n) is 3.80. The molecule has 2 rings (SSSR count). The van der Waals surface area contributed by atoms with Crippen LogP contribution >= 0.6 is 0 Å². The first-order valence-electron chi connectivity index (χ1n) is 5.85. The number of nitriles is 1. The smallest absolute Gasteiger partial charge is 0.242 e. The van der Waals surface area contributed by atoms with Gasteiger partial charge in [-0.3, -0.25) is 0 Å². The third kappa shape index (κ3) is 2.75. The first-order chi connectivity index (χ1) is 9.65. The third-order valence-corrected chi connectivity index (χ3v) is 2.48. The summed E-state index contributed by atoms with van der Waals surface area (Å²) >= 11 is 0. The highest BCUT2D eigenvalue weighted by Gasteiger charge is 2.11. The molecule has 0 spiro atoms. The van der Waals surface area contributed by atoms with Crippen LogP contribution in [0.3, 0.4) is 0 Å². The molecule has 0 fully saturated rings. The standard InChI is InChI=1S/C13H12FN5O/c1-2-20-13-11(16)12(17-7-18-13)19-10-4-3-9(14)5-8(10)6-15/h3-5,7H,2,16H2,1H3,(H,17,18,19). The molecule has 20 heavy (non-hydrogen) atoms. The topological polar surface area (TPSA) is 96.9 Å². The molecule has 0 saturated heterocycles. The molecule has 0 aliphatic heterocycles. The Morgan fingerprint density at radius 3 is 2.95 bits per heavy atom. The quantitative estimate of drug-likeness (QED) is 0.886. The van der Waals surface area contributed by atoms with Gasteiger partial charge in [0.05, 0.1) is 17.9 Å². The van der Waals surface area contributed by atoms with E-state index in [1.165, 1.54) is 18.5 Å². The van der Waals surface area contributed by atoms with Gasteiger partial charge in [0.25, 0.3) is 0 Å². The van der Waals surface area contributed by atoms with Crippen molar-refractivity contribution in [2.24, 2.45) is 0 Å². The second kappa shape index (κ2) is 5.84. The molecule has 1 aromatic carbocycles. The Bertz CT molecular complexity index is 668. The lowest BCUT2D eigenvalue weighted by atomic mass is 10.2. The molecule has 0 amide bonds. The lowest BCUT2D eigenvalue weighted by Gasteiger charge is -2.11. The number of aromatic nitrogens is 2. The maximum absolute atomic E-state index is 13.1. The van der Waals surface area contributed by atoms with E-state index in [0.29, 0.717) is 18.1 Å². The third-order valence-electron chi connectivity index (χ3n) is 2.48. The number of ether oxygens (including phenoxy) is 1. The van der Waals surface area contributed by atoms with Gasteiger partial charge in [0, 0.05) is 0 Å². The molecule has 1 aromatic heterocycles. The van der Waals surface area contributed by atoms with Crippen molar-refractivity contribution in [3.05, 3.63) is 35.9 Å². The monoisotopic (exact) mass is 273 g/mol. The summed E-state index contributed by atoms with van der Waals surface area (Å²) in [7, 11) is 0. The fourth-order valence-electron chi connectivity index (χ4n) is 1.58. The lowest BCUT2D eigenvalue weighted by Crippen LogP contribution is -2.05. The van der Waals surface area contributed by atoms with Crippen LogP contribution in [0.1, 0.15) is 12.5 Å². The Labute approximate surface area is 115 Å². The summed E-state index contributed by atoms with van der Waals surface area (Å²) in [5.74, 6) is 0.0648. The van der Waals surface area contributed by atoms with E-state index in [9.17, 15) is 4.39 Å². The molecule has 0 radical (unpaired) electrons. The SMILES string of the molecule is CCOc1ncnc(Nc2ccc(F)cc2C#N)c1N. The van der Waals surface area contributed by atoms with Crippen LogP contribution < -0.4 is 15.8 Å². The van der Waals surface area contributed by atoms with Crippen LogP contribution in [-0.4, -0.2) is 16.6 Å². The van der Waals surface area contributed by atoms with Gasteiger partial charge in [0.1, 0.15) is 23.9 Å². The van der Waals surface area contributed by atoms with Gasteiger partial charge in [-0.2, -0.15) is 10.2 Å². The summed E-state index contributed by atoms with van der Waals surface area (Å²) in [5, 5.41) is 11.9. The minimum Gasteiger partial charge on any atom is -0.476 e. The highest BCUT2D eigenvalue weighted by molar-refractivity contribution is 5.74. The summed E-state index contributed by atoms with van der Waals surface area (Å²) in [6, 6.07) is 5.71. The van der Waals surface area contributed by atoms with Crippen molar-refractivity contribution in [2.75, 3.05) is 17.7 Å². The van der Waals surface area contributed by atoms with E-state index in [4.69, 9.17) is 15.7 Å². The van der Waals surface area contributed by atoms with Gasteiger partial charge < -0.3 is 15.8 Å². The molecule has 7 heteroatoms. The first-order valence-corrected chi connectivity index (χ1v) is 5.85. The van der Waals surface area contributed by atoms with Crippen molar-refractivity contribution in [1.82, 2.24) is 9.97 Å². The van der Waals surface area contributed by atoms with Crippen LogP contribution in [0.5, 0.6) is 5.88 Å². The molecule has 0 bridgehead atoms. The van der Waals surface area contributed by atoms with E-state index >= 15 is 0 Å². The average Bonchev–Trinajstić information content (AvgIpc) is 2.45. The zero-order chi connectivity index (χ0) is 14.5. The van der Waals surface area contributed by atoms with E-state index in [0.717, 1.165) is 6.07 Å². The van der Waals surface area contributed by atoms with E-state index in [2.05, 4.69) is 15.3 Å². The minimum absolute atomic E-state index is 0.154. The number of nitrogens with two attached hydrogens (primary N) is 1. The van der Waals surface area contributed by atoms with Gasteiger partial charge in [-0.05, 0) is 25.1 Å². The van der Waals surface area contributed by atoms with Gasteiger partial charge in [0.15, 0.2) is 5.82 Å². The van der Waals surface area contributed by atoms with E-state index < -0.39 is 5.82 Å². The van der Waals surface area contributed by atoms with Crippen molar-refractivity contribution < 1.29 is 9.13 Å². The van der Waals surface area contributed by atoms with Crippen molar-refractivity contribution in [3.63, 3.8) is 0 Å². The Balaban J connectivity index is 2.36. The fourth-order valence-corrected chi connectivity index (χ4v) is 1.58. The summed E-state index contributed by atoms with van der Waals surface area (Å²) in [5.41, 5.74) is 6.65. The maximum atomic E-state index is 13.1. The molecule has 2 aromatic rings. The average molecular weight is 273 g/mol. The lowest BCUT2D eigenvalue weighted by molar-refractivity contribution is 0.328. The summed E-state index contributed by atoms with van der Waals surface area (Å²) in [6.07, 6.45) is 1.29. The number of halogens is 1. The molecule has 0 unspecified atom stereocenters. The maximum Gasteiger partial charge on any atom is 0.242 e. The number of anilines is 3. The zero-order valence-corrected chi connectivity index (χ0v) is 10.7. The van der Waals surface area contributed by atoms with Gasteiger partial charge in [-0.15, -0.1) is 0 Å². The predicted octanol–water partition coefficient (Wildman–Crippen LogP) is 2.21. The van der Waals surface area contributed by atoms with Crippen LogP contribution in [0, 0.1) is 17.1 Å². The van der Waals surface area contributed by atoms with E-state index in [1.807, 2.05) is 13.0 Å². The van der Waals surface area contributed by atoms with Gasteiger partial charge in [0.2, 0.25) is 5.88 Å². The zero-order valence-electron chi connectivity index (χ0n) is 10.7. The molecule has 1 heterocycles. The van der Waals surface area contributed by atoms with Gasteiger partial charge in [-0.25, -0.2) is 9.37 Å². The summed E-state index contributed by atoms with van der Waals surface area (Å²) in [4.78, 5) is 7.89. The highest BCUT2D eigenvalue weighted by atomic mass is 19.1. The van der Waals surface area contributed by atoms with Crippen molar-refractivity contribution in [1.29, 1.82) is 5.26 Å². The predicted molar refractivity (Wildman–Crippen MR) is 72.0 cm³/mol. The molecule has 3 N–H and O–H groups in total. The van der Waals surface area contributed by atoms with E-state index in [1.54, 1.807) is 0 Å². The molecule has 0 aliphatic rings. The molecule has 0 atom stereocenters. The Kier molecular flexibility index (Phi) is 3.96. The van der Waals surface area contributed by atoms with Gasteiger partial charge in [-0.1, -0.05) is 0 Å². The van der Waals surface area contributed by atoms with Crippen LogP contribution in [0.4, 0.5) is 21.6 Å². The Hall–Kier alpha value is -2.88. The number of benzene rings is 1. The summed E-state index contributed by atoms with van der Waals surface area (Å²) < 4.78 is 18.3. The van der Waals surface area contributed by atoms with Crippen LogP contribution in [0.25, 0.3) is 0 Å².